The maximum Gasteiger partial charge on any atom is 0.303 e. The van der Waals surface area contributed by atoms with Gasteiger partial charge < -0.3 is 14.7 Å². The SMILES string of the molecule is O=CBN1CCC(CC(=O)O)C1. The number of aliphatic carboxylic acids is 1. The Kier molecular flexibility index (Phi) is 3.28. The second-order valence-electron chi connectivity index (χ2n) is 3.18. The Balaban J connectivity index is 2.25. The zero-order chi connectivity index (χ0) is 8.97. The molecule has 1 aliphatic rings. The van der Waals surface area contributed by atoms with Crippen LogP contribution in [0, 0.1) is 5.92 Å². The van der Waals surface area contributed by atoms with Gasteiger partial charge in [-0.05, 0) is 25.4 Å². The Morgan fingerprint density at radius 2 is 2.50 bits per heavy atom. The maximum absolute atomic E-state index is 10.3. The van der Waals surface area contributed by atoms with E-state index in [1.807, 2.05) is 4.81 Å². The molecule has 0 spiro atoms. The van der Waals surface area contributed by atoms with Crippen molar-refractivity contribution >= 4 is 19.6 Å². The van der Waals surface area contributed by atoms with E-state index in [-0.39, 0.29) is 12.3 Å². The van der Waals surface area contributed by atoms with Crippen LogP contribution in [0.1, 0.15) is 12.8 Å². The first-order valence-corrected chi connectivity index (χ1v) is 4.10. The quantitative estimate of drug-likeness (QED) is 0.447. The van der Waals surface area contributed by atoms with Gasteiger partial charge >= 0.3 is 5.97 Å². The fourth-order valence-electron chi connectivity index (χ4n) is 1.60. The van der Waals surface area contributed by atoms with Crippen molar-refractivity contribution in [3.05, 3.63) is 0 Å². The molecular formula is C7H12BNO3. The van der Waals surface area contributed by atoms with Gasteiger partial charge in [0.15, 0.2) is 0 Å². The molecule has 1 aliphatic heterocycles. The van der Waals surface area contributed by atoms with Gasteiger partial charge in [0.1, 0.15) is 0 Å². The Labute approximate surface area is 71.8 Å². The molecule has 0 bridgehead atoms. The van der Waals surface area contributed by atoms with Crippen molar-refractivity contribution in [3.63, 3.8) is 0 Å². The van der Waals surface area contributed by atoms with Crippen molar-refractivity contribution in [2.75, 3.05) is 13.1 Å². The molecule has 0 aromatic heterocycles. The first kappa shape index (κ1) is 9.25. The van der Waals surface area contributed by atoms with Gasteiger partial charge in [-0.25, -0.2) is 0 Å². The van der Waals surface area contributed by atoms with Gasteiger partial charge in [-0.3, -0.25) is 4.79 Å². The van der Waals surface area contributed by atoms with E-state index < -0.39 is 5.97 Å². The zero-order valence-electron chi connectivity index (χ0n) is 6.90. The second kappa shape index (κ2) is 4.26. The summed E-state index contributed by atoms with van der Waals surface area (Å²) in [6.07, 6.45) is 2.00. The molecule has 1 saturated heterocycles. The lowest BCUT2D eigenvalue weighted by Gasteiger charge is -2.09. The smallest absolute Gasteiger partial charge is 0.303 e. The van der Waals surface area contributed by atoms with Crippen molar-refractivity contribution in [2.45, 2.75) is 12.8 Å². The van der Waals surface area contributed by atoms with Gasteiger partial charge in [0.2, 0.25) is 0 Å². The summed E-state index contributed by atoms with van der Waals surface area (Å²) in [7, 11) is 0.441. The molecule has 1 rings (SSSR count). The summed E-state index contributed by atoms with van der Waals surface area (Å²) in [5.41, 5.74) is 0. The molecule has 0 saturated carbocycles. The lowest BCUT2D eigenvalue weighted by atomic mass is 9.95. The highest BCUT2D eigenvalue weighted by atomic mass is 16.4. The summed E-state index contributed by atoms with van der Waals surface area (Å²) in [5, 5.41) is 8.50. The van der Waals surface area contributed by atoms with E-state index in [0.29, 0.717) is 7.41 Å². The number of nitrogens with zero attached hydrogens (tertiary/aromatic N) is 1. The standard InChI is InChI=1S/C7H12BNO3/c10-5-8-9-2-1-6(4-9)3-7(11)12/h5-6,8H,1-4H2,(H,11,12). The van der Waals surface area contributed by atoms with Crippen molar-refractivity contribution in [1.82, 2.24) is 4.81 Å². The lowest BCUT2D eigenvalue weighted by Crippen LogP contribution is -2.26. The van der Waals surface area contributed by atoms with Crippen LogP contribution in [0.25, 0.3) is 0 Å². The monoisotopic (exact) mass is 169 g/mol. The van der Waals surface area contributed by atoms with Crippen LogP contribution in [-0.2, 0) is 9.59 Å². The first-order valence-electron chi connectivity index (χ1n) is 4.10. The van der Waals surface area contributed by atoms with Crippen molar-refractivity contribution in [1.29, 1.82) is 0 Å². The predicted octanol–water partition coefficient (Wildman–Crippen LogP) is -0.675. The highest BCUT2D eigenvalue weighted by Crippen LogP contribution is 2.17. The predicted molar refractivity (Wildman–Crippen MR) is 45.8 cm³/mol. The number of hydrogen-bond acceptors (Lipinski definition) is 3. The van der Waals surface area contributed by atoms with E-state index in [0.717, 1.165) is 25.7 Å². The van der Waals surface area contributed by atoms with Crippen LogP contribution in [0.5, 0.6) is 0 Å². The summed E-state index contributed by atoms with van der Waals surface area (Å²) < 4.78 is 0. The van der Waals surface area contributed by atoms with Gasteiger partial charge in [-0.15, -0.1) is 0 Å². The van der Waals surface area contributed by atoms with Crippen LogP contribution in [-0.4, -0.2) is 42.6 Å². The Morgan fingerprint density at radius 3 is 3.08 bits per heavy atom. The molecule has 0 radical (unpaired) electrons. The van der Waals surface area contributed by atoms with Crippen molar-refractivity contribution in [2.24, 2.45) is 5.92 Å². The van der Waals surface area contributed by atoms with E-state index in [9.17, 15) is 9.59 Å². The fourth-order valence-corrected chi connectivity index (χ4v) is 1.60. The van der Waals surface area contributed by atoms with Crippen LogP contribution in [0.15, 0.2) is 0 Å². The molecule has 5 heteroatoms. The summed E-state index contributed by atoms with van der Waals surface area (Å²) in [4.78, 5) is 22.5. The van der Waals surface area contributed by atoms with Gasteiger partial charge in [0.05, 0.1) is 6.19 Å². The van der Waals surface area contributed by atoms with Gasteiger partial charge in [-0.2, -0.15) is 0 Å². The van der Waals surface area contributed by atoms with Crippen LogP contribution in [0.3, 0.4) is 0 Å². The average molecular weight is 169 g/mol. The third kappa shape index (κ3) is 2.66. The third-order valence-electron chi connectivity index (χ3n) is 2.17. The van der Waals surface area contributed by atoms with E-state index in [2.05, 4.69) is 0 Å². The highest BCUT2D eigenvalue weighted by molar-refractivity contribution is 6.64. The first-order chi connectivity index (χ1) is 5.72. The highest BCUT2D eigenvalue weighted by Gasteiger charge is 2.23. The molecule has 1 unspecified atom stereocenters. The topological polar surface area (TPSA) is 57.6 Å². The second-order valence-corrected chi connectivity index (χ2v) is 3.18. The Bertz CT molecular complexity index is 185. The Hall–Kier alpha value is -0.835. The summed E-state index contributed by atoms with van der Waals surface area (Å²) in [5.74, 6) is -0.504. The minimum absolute atomic E-state index is 0.232. The van der Waals surface area contributed by atoms with E-state index in [1.54, 1.807) is 0 Å². The fraction of sp³-hybridized carbons (Fsp3) is 0.714. The summed E-state index contributed by atoms with van der Waals surface area (Å²) in [6.45, 7) is 1.61. The maximum atomic E-state index is 10.3. The number of rotatable bonds is 4. The van der Waals surface area contributed by atoms with Crippen molar-refractivity contribution < 1.29 is 14.7 Å². The van der Waals surface area contributed by atoms with Crippen LogP contribution in [0.4, 0.5) is 0 Å². The van der Waals surface area contributed by atoms with Gasteiger partial charge in [0.25, 0.3) is 7.41 Å². The molecule has 1 atom stereocenters. The minimum atomic E-state index is -0.743. The minimum Gasteiger partial charge on any atom is -0.481 e. The number of hydrogen-bond donors (Lipinski definition) is 1. The summed E-state index contributed by atoms with van der Waals surface area (Å²) >= 11 is 0. The van der Waals surface area contributed by atoms with Gasteiger partial charge in [0, 0.05) is 6.42 Å². The Morgan fingerprint density at radius 1 is 1.75 bits per heavy atom. The molecule has 4 nitrogen and oxygen atoms in total. The summed E-state index contributed by atoms with van der Waals surface area (Å²) in [6, 6.07) is 0. The number of carboxylic acid groups (broad SMARTS) is 1. The van der Waals surface area contributed by atoms with E-state index in [1.165, 1.54) is 0 Å². The van der Waals surface area contributed by atoms with E-state index in [4.69, 9.17) is 5.11 Å². The molecule has 1 heterocycles. The number of carboxylic acids is 1. The molecule has 0 aromatic rings. The lowest BCUT2D eigenvalue weighted by molar-refractivity contribution is -0.137. The average Bonchev–Trinajstić information content (AvgIpc) is 2.36. The van der Waals surface area contributed by atoms with Crippen LogP contribution >= 0.6 is 0 Å². The molecule has 66 valence electrons. The third-order valence-corrected chi connectivity index (χ3v) is 2.17. The normalized spacial score (nSPS) is 23.8. The molecule has 0 amide bonds. The molecule has 12 heavy (non-hydrogen) atoms. The molecular weight excluding hydrogens is 157 g/mol. The number of carbonyl (C=O) groups is 2. The van der Waals surface area contributed by atoms with Crippen LogP contribution < -0.4 is 0 Å². The zero-order valence-corrected chi connectivity index (χ0v) is 6.90. The van der Waals surface area contributed by atoms with Gasteiger partial charge in [-0.1, -0.05) is 0 Å². The molecule has 1 N–H and O–H groups in total. The molecule has 0 aliphatic carbocycles. The molecule has 1 fully saturated rings. The molecule has 0 aromatic carbocycles. The number of carbonyl (C=O) groups excluding carboxylic acids is 1. The van der Waals surface area contributed by atoms with Crippen molar-refractivity contribution in [3.8, 4) is 0 Å². The largest absolute Gasteiger partial charge is 0.481 e. The van der Waals surface area contributed by atoms with E-state index >= 15 is 0 Å². The van der Waals surface area contributed by atoms with Crippen LogP contribution in [0.2, 0.25) is 0 Å².